The normalized spacial score (nSPS) is 34.3. The van der Waals surface area contributed by atoms with Crippen molar-refractivity contribution in [2.24, 2.45) is 23.7 Å². The van der Waals surface area contributed by atoms with E-state index in [-0.39, 0.29) is 0 Å². The fourth-order valence-corrected chi connectivity index (χ4v) is 4.63. The molecule has 2 fully saturated rings. The lowest BCUT2D eigenvalue weighted by Crippen LogP contribution is -2.27. The molecule has 2 saturated carbocycles. The van der Waals surface area contributed by atoms with Crippen LogP contribution in [0.5, 0.6) is 0 Å². The van der Waals surface area contributed by atoms with E-state index < -0.39 is 0 Å². The molecule has 0 aromatic rings. The van der Waals surface area contributed by atoms with E-state index in [1.807, 2.05) is 13.8 Å². The standard InChI is InChI=1S/C19H34.C2H6/c1-14(2)18-12-15(3)8-7-10-17-9-5-6-11-19(17)16(4)13-18;1-2/h15-17,19H,5-13H2,1-4H3;1-2H3. The zero-order valence-corrected chi connectivity index (χ0v) is 15.7. The molecule has 2 aliphatic carbocycles. The Hall–Kier alpha value is -0.260. The van der Waals surface area contributed by atoms with Crippen molar-refractivity contribution in [3.05, 3.63) is 11.1 Å². The van der Waals surface area contributed by atoms with Gasteiger partial charge in [0.1, 0.15) is 0 Å². The van der Waals surface area contributed by atoms with Gasteiger partial charge in [0, 0.05) is 0 Å². The summed E-state index contributed by atoms with van der Waals surface area (Å²) in [7, 11) is 0. The molecule has 2 aliphatic rings. The van der Waals surface area contributed by atoms with Gasteiger partial charge in [-0.05, 0) is 56.8 Å². The molecule has 0 aromatic carbocycles. The van der Waals surface area contributed by atoms with Gasteiger partial charge in [-0.2, -0.15) is 0 Å². The van der Waals surface area contributed by atoms with E-state index >= 15 is 0 Å². The van der Waals surface area contributed by atoms with Crippen molar-refractivity contribution >= 4 is 0 Å². The van der Waals surface area contributed by atoms with Gasteiger partial charge < -0.3 is 0 Å². The largest absolute Gasteiger partial charge is 0.0772 e. The number of hydrogen-bond donors (Lipinski definition) is 0. The molecule has 0 saturated heterocycles. The first-order valence-corrected chi connectivity index (χ1v) is 9.73. The first kappa shape index (κ1) is 18.8. The molecule has 0 N–H and O–H groups in total. The van der Waals surface area contributed by atoms with Crippen LogP contribution in [-0.4, -0.2) is 0 Å². The van der Waals surface area contributed by atoms with Gasteiger partial charge in [-0.15, -0.1) is 0 Å². The third-order valence-corrected chi connectivity index (χ3v) is 5.84. The van der Waals surface area contributed by atoms with Crippen LogP contribution in [0.1, 0.15) is 99.3 Å². The van der Waals surface area contributed by atoms with Crippen LogP contribution in [0, 0.1) is 23.7 Å². The van der Waals surface area contributed by atoms with Crippen LogP contribution >= 0.6 is 0 Å². The van der Waals surface area contributed by atoms with Gasteiger partial charge in [-0.3, -0.25) is 0 Å². The molecule has 0 heterocycles. The lowest BCUT2D eigenvalue weighted by Gasteiger charge is -2.38. The summed E-state index contributed by atoms with van der Waals surface area (Å²) < 4.78 is 0. The van der Waals surface area contributed by atoms with Crippen LogP contribution in [0.3, 0.4) is 0 Å². The Morgan fingerprint density at radius 1 is 0.810 bits per heavy atom. The molecule has 2 rings (SSSR count). The van der Waals surface area contributed by atoms with Gasteiger partial charge in [0.2, 0.25) is 0 Å². The lowest BCUT2D eigenvalue weighted by molar-refractivity contribution is 0.151. The third-order valence-electron chi connectivity index (χ3n) is 5.84. The van der Waals surface area contributed by atoms with Gasteiger partial charge in [0.05, 0.1) is 0 Å². The number of fused-ring (bicyclic) bond motifs is 1. The molecule has 0 amide bonds. The predicted octanol–water partition coefficient (Wildman–Crippen LogP) is 7.39. The molecule has 0 aromatic heterocycles. The summed E-state index contributed by atoms with van der Waals surface area (Å²) in [5, 5.41) is 0. The van der Waals surface area contributed by atoms with Crippen molar-refractivity contribution in [3.63, 3.8) is 0 Å². The summed E-state index contributed by atoms with van der Waals surface area (Å²) in [6.07, 6.45) is 13.2. The average molecular weight is 293 g/mol. The molecule has 4 atom stereocenters. The van der Waals surface area contributed by atoms with E-state index in [9.17, 15) is 0 Å². The van der Waals surface area contributed by atoms with Gasteiger partial charge in [0.25, 0.3) is 0 Å². The minimum Gasteiger partial charge on any atom is -0.0772 e. The van der Waals surface area contributed by atoms with Crippen molar-refractivity contribution in [2.75, 3.05) is 0 Å². The summed E-state index contributed by atoms with van der Waals surface area (Å²) in [6.45, 7) is 13.7. The molecule has 124 valence electrons. The molecule has 0 aliphatic heterocycles. The monoisotopic (exact) mass is 292 g/mol. The summed E-state index contributed by atoms with van der Waals surface area (Å²) >= 11 is 0. The minimum absolute atomic E-state index is 0.900. The number of hydrogen-bond acceptors (Lipinski definition) is 0. The van der Waals surface area contributed by atoms with E-state index in [0.29, 0.717) is 0 Å². The van der Waals surface area contributed by atoms with Crippen LogP contribution in [-0.2, 0) is 0 Å². The van der Waals surface area contributed by atoms with Crippen LogP contribution in [0.15, 0.2) is 11.1 Å². The Bertz CT molecular complexity index is 308. The number of allylic oxidation sites excluding steroid dienone is 2. The Morgan fingerprint density at radius 2 is 1.43 bits per heavy atom. The quantitative estimate of drug-likeness (QED) is 0.408. The molecule has 4 unspecified atom stereocenters. The van der Waals surface area contributed by atoms with Crippen LogP contribution < -0.4 is 0 Å². The van der Waals surface area contributed by atoms with Crippen molar-refractivity contribution in [1.82, 2.24) is 0 Å². The molecule has 0 radical (unpaired) electrons. The summed E-state index contributed by atoms with van der Waals surface area (Å²) in [6, 6.07) is 0. The zero-order valence-electron chi connectivity index (χ0n) is 15.7. The first-order valence-electron chi connectivity index (χ1n) is 9.73. The fourth-order valence-electron chi connectivity index (χ4n) is 4.63. The van der Waals surface area contributed by atoms with E-state index in [0.717, 1.165) is 23.7 Å². The molecule has 0 heteroatoms. The Labute approximate surface area is 134 Å². The van der Waals surface area contributed by atoms with Crippen molar-refractivity contribution in [2.45, 2.75) is 99.3 Å². The van der Waals surface area contributed by atoms with Gasteiger partial charge in [0.15, 0.2) is 0 Å². The Kier molecular flexibility index (Phi) is 8.67. The second-order valence-electron chi connectivity index (χ2n) is 7.73. The van der Waals surface area contributed by atoms with E-state index in [1.54, 1.807) is 11.1 Å². The van der Waals surface area contributed by atoms with Gasteiger partial charge >= 0.3 is 0 Å². The van der Waals surface area contributed by atoms with Crippen molar-refractivity contribution in [1.29, 1.82) is 0 Å². The molecular weight excluding hydrogens is 252 g/mol. The molecule has 0 nitrogen and oxygen atoms in total. The second kappa shape index (κ2) is 9.70. The first-order chi connectivity index (χ1) is 10.1. The molecule has 21 heavy (non-hydrogen) atoms. The third kappa shape index (κ3) is 5.80. The molecular formula is C21H40. The highest BCUT2D eigenvalue weighted by molar-refractivity contribution is 5.11. The van der Waals surface area contributed by atoms with Crippen LogP contribution in [0.4, 0.5) is 0 Å². The number of rotatable bonds is 0. The predicted molar refractivity (Wildman–Crippen MR) is 96.6 cm³/mol. The van der Waals surface area contributed by atoms with Crippen molar-refractivity contribution in [3.8, 4) is 0 Å². The highest BCUT2D eigenvalue weighted by atomic mass is 14.4. The average Bonchev–Trinajstić information content (AvgIpc) is 2.48. The zero-order chi connectivity index (χ0) is 15.8. The van der Waals surface area contributed by atoms with Crippen molar-refractivity contribution < 1.29 is 0 Å². The minimum atomic E-state index is 0.900. The lowest BCUT2D eigenvalue weighted by atomic mass is 9.68. The molecule has 0 spiro atoms. The summed E-state index contributed by atoms with van der Waals surface area (Å²) in [4.78, 5) is 0. The van der Waals surface area contributed by atoms with E-state index in [1.165, 1.54) is 57.8 Å². The topological polar surface area (TPSA) is 0 Å². The van der Waals surface area contributed by atoms with Gasteiger partial charge in [-0.25, -0.2) is 0 Å². The summed E-state index contributed by atoms with van der Waals surface area (Å²) in [5.74, 6) is 3.89. The Balaban J connectivity index is 0.00000106. The van der Waals surface area contributed by atoms with E-state index in [4.69, 9.17) is 0 Å². The smallest absolute Gasteiger partial charge is 0.0289 e. The maximum absolute atomic E-state index is 2.54. The maximum atomic E-state index is 2.54. The maximum Gasteiger partial charge on any atom is -0.0289 e. The molecule has 0 bridgehead atoms. The second-order valence-corrected chi connectivity index (χ2v) is 7.73. The van der Waals surface area contributed by atoms with Crippen LogP contribution in [0.25, 0.3) is 0 Å². The highest BCUT2D eigenvalue weighted by Crippen LogP contribution is 2.42. The van der Waals surface area contributed by atoms with E-state index in [2.05, 4.69) is 27.7 Å². The summed E-state index contributed by atoms with van der Waals surface area (Å²) in [5.41, 5.74) is 3.39. The van der Waals surface area contributed by atoms with Crippen LogP contribution in [0.2, 0.25) is 0 Å². The SMILES string of the molecule is CC.CC(C)=C1CC(C)CCCC2CCCCC2C(C)C1. The van der Waals surface area contributed by atoms with Gasteiger partial charge in [-0.1, -0.05) is 77.4 Å². The Morgan fingerprint density at radius 3 is 2.10 bits per heavy atom. The fraction of sp³-hybridized carbons (Fsp3) is 0.905. The highest BCUT2D eigenvalue weighted by Gasteiger charge is 2.30.